The van der Waals surface area contributed by atoms with Crippen LogP contribution in [0.5, 0.6) is 0 Å². The van der Waals surface area contributed by atoms with E-state index in [1.165, 1.54) is 0 Å². The molecule has 6 heteroatoms. The fourth-order valence-electron chi connectivity index (χ4n) is 2.05. The van der Waals surface area contributed by atoms with Crippen molar-refractivity contribution >= 4 is 27.7 Å². The predicted octanol–water partition coefficient (Wildman–Crippen LogP) is 5.15. The molecule has 0 aliphatic carbocycles. The van der Waals surface area contributed by atoms with Gasteiger partial charge in [-0.1, -0.05) is 34.9 Å². The van der Waals surface area contributed by atoms with Crippen molar-refractivity contribution in [2.45, 2.75) is 39.7 Å². The molecule has 0 saturated heterocycles. The van der Waals surface area contributed by atoms with E-state index in [9.17, 15) is 4.79 Å². The third kappa shape index (κ3) is 3.88. The van der Waals surface area contributed by atoms with Crippen LogP contribution in [-0.4, -0.2) is 17.4 Å². The molecule has 0 aliphatic heterocycles. The Morgan fingerprint density at radius 3 is 2.55 bits per heavy atom. The van der Waals surface area contributed by atoms with Crippen LogP contribution in [0.15, 0.2) is 33.3 Å². The minimum absolute atomic E-state index is 0.0868. The molecule has 0 aliphatic rings. The van der Waals surface area contributed by atoms with Crippen molar-refractivity contribution in [3.63, 3.8) is 0 Å². The predicted molar refractivity (Wildman–Crippen MR) is 88.8 cm³/mol. The Morgan fingerprint density at radius 1 is 1.32 bits per heavy atom. The lowest BCUT2D eigenvalue weighted by Crippen LogP contribution is -2.21. The summed E-state index contributed by atoms with van der Waals surface area (Å²) in [7, 11) is 0. The second-order valence-electron chi connectivity index (χ2n) is 4.95. The molecule has 0 fully saturated rings. The van der Waals surface area contributed by atoms with Gasteiger partial charge in [0.15, 0.2) is 5.76 Å². The summed E-state index contributed by atoms with van der Waals surface area (Å²) in [5.41, 5.74) is 1.99. The molecule has 1 aromatic heterocycles. The zero-order valence-corrected chi connectivity index (χ0v) is 14.4. The molecule has 0 unspecified atom stereocenters. The van der Waals surface area contributed by atoms with Gasteiger partial charge in [-0.2, -0.15) is 0 Å². The van der Waals surface area contributed by atoms with E-state index in [1.54, 1.807) is 6.92 Å². The van der Waals surface area contributed by atoms with Gasteiger partial charge in [-0.3, -0.25) is 5.32 Å². The Morgan fingerprint density at radius 2 is 1.95 bits per heavy atom. The van der Waals surface area contributed by atoms with E-state index in [4.69, 9.17) is 9.26 Å². The number of halogens is 1. The van der Waals surface area contributed by atoms with Crippen LogP contribution in [0.2, 0.25) is 0 Å². The van der Waals surface area contributed by atoms with Gasteiger partial charge in [-0.25, -0.2) is 4.79 Å². The highest BCUT2D eigenvalue weighted by molar-refractivity contribution is 9.10. The summed E-state index contributed by atoms with van der Waals surface area (Å²) in [5.74, 6) is 0.520. The van der Waals surface area contributed by atoms with Crippen molar-refractivity contribution in [2.24, 2.45) is 0 Å². The summed E-state index contributed by atoms with van der Waals surface area (Å²) >= 11 is 3.39. The molecule has 5 nitrogen and oxygen atoms in total. The zero-order valence-electron chi connectivity index (χ0n) is 12.9. The number of amides is 1. The lowest BCUT2D eigenvalue weighted by atomic mass is 10.1. The smallest absolute Gasteiger partial charge is 0.412 e. The molecule has 0 atom stereocenters. The summed E-state index contributed by atoms with van der Waals surface area (Å²) in [6.45, 7) is 5.75. The lowest BCUT2D eigenvalue weighted by molar-refractivity contribution is 0.106. The zero-order chi connectivity index (χ0) is 16.1. The molecule has 2 aromatic rings. The van der Waals surface area contributed by atoms with Gasteiger partial charge in [0.1, 0.15) is 17.5 Å². The summed E-state index contributed by atoms with van der Waals surface area (Å²) in [4.78, 5) is 12.0. The maximum absolute atomic E-state index is 12.0. The van der Waals surface area contributed by atoms with Crippen molar-refractivity contribution in [1.82, 2.24) is 5.16 Å². The summed E-state index contributed by atoms with van der Waals surface area (Å²) < 4.78 is 11.7. The first kappa shape index (κ1) is 16.5. The minimum Gasteiger partial charge on any atom is -0.446 e. The van der Waals surface area contributed by atoms with E-state index in [-0.39, 0.29) is 6.10 Å². The number of hydrogen-bond donors (Lipinski definition) is 1. The number of anilines is 1. The van der Waals surface area contributed by atoms with Gasteiger partial charge in [0.05, 0.1) is 0 Å². The molecule has 1 aromatic carbocycles. The van der Waals surface area contributed by atoms with Crippen molar-refractivity contribution in [1.29, 1.82) is 0 Å². The highest BCUT2D eigenvalue weighted by atomic mass is 79.9. The highest BCUT2D eigenvalue weighted by Crippen LogP contribution is 2.31. The van der Waals surface area contributed by atoms with Gasteiger partial charge >= 0.3 is 6.09 Å². The van der Waals surface area contributed by atoms with Crippen LogP contribution in [0.4, 0.5) is 10.5 Å². The Bertz CT molecular complexity index is 633. The maximum Gasteiger partial charge on any atom is 0.412 e. The van der Waals surface area contributed by atoms with Crippen LogP contribution in [0.1, 0.15) is 32.4 Å². The van der Waals surface area contributed by atoms with Gasteiger partial charge in [0.25, 0.3) is 0 Å². The Kier molecular flexibility index (Phi) is 5.60. The molecule has 2 rings (SSSR count). The van der Waals surface area contributed by atoms with Crippen molar-refractivity contribution < 1.29 is 14.1 Å². The summed E-state index contributed by atoms with van der Waals surface area (Å²) in [5, 5.41) is 6.67. The van der Waals surface area contributed by atoms with Gasteiger partial charge in [-0.05, 0) is 44.0 Å². The third-order valence-electron chi connectivity index (χ3n) is 3.38. The highest BCUT2D eigenvalue weighted by Gasteiger charge is 2.19. The molecular weight excluding hydrogens is 348 g/mol. The first-order valence-electron chi connectivity index (χ1n) is 7.25. The Hall–Kier alpha value is -1.82. The Labute approximate surface area is 138 Å². The van der Waals surface area contributed by atoms with Crippen LogP contribution in [0.25, 0.3) is 11.3 Å². The number of nitrogens with zero attached hydrogens (tertiary/aromatic N) is 1. The monoisotopic (exact) mass is 366 g/mol. The van der Waals surface area contributed by atoms with Crippen LogP contribution in [0.3, 0.4) is 0 Å². The SMILES string of the molecule is CCC(CC)OC(=O)Nc1c(C)noc1-c1ccc(Br)cc1. The molecule has 1 amide bonds. The number of carbonyl (C=O) groups excluding carboxylic acids is 1. The molecule has 0 spiro atoms. The van der Waals surface area contributed by atoms with Crippen LogP contribution >= 0.6 is 15.9 Å². The number of ether oxygens (including phenoxy) is 1. The van der Waals surface area contributed by atoms with E-state index in [2.05, 4.69) is 26.4 Å². The average Bonchev–Trinajstić information content (AvgIpc) is 2.87. The number of aromatic nitrogens is 1. The topological polar surface area (TPSA) is 64.4 Å². The van der Waals surface area contributed by atoms with Crippen molar-refractivity contribution in [2.75, 3.05) is 5.32 Å². The molecule has 1 heterocycles. The van der Waals surface area contributed by atoms with E-state index in [0.717, 1.165) is 22.9 Å². The molecule has 22 heavy (non-hydrogen) atoms. The van der Waals surface area contributed by atoms with Crippen LogP contribution in [-0.2, 0) is 4.74 Å². The average molecular weight is 367 g/mol. The number of nitrogens with one attached hydrogen (secondary N) is 1. The van der Waals surface area contributed by atoms with Crippen LogP contribution in [0, 0.1) is 6.92 Å². The molecule has 0 radical (unpaired) electrons. The van der Waals surface area contributed by atoms with E-state index >= 15 is 0 Å². The minimum atomic E-state index is -0.488. The number of aryl methyl sites for hydroxylation is 1. The van der Waals surface area contributed by atoms with Gasteiger partial charge in [0.2, 0.25) is 0 Å². The fraction of sp³-hybridized carbons (Fsp3) is 0.375. The number of rotatable bonds is 5. The van der Waals surface area contributed by atoms with Gasteiger partial charge in [0, 0.05) is 10.0 Å². The van der Waals surface area contributed by atoms with E-state index in [1.807, 2.05) is 38.1 Å². The summed E-state index contributed by atoms with van der Waals surface area (Å²) in [6, 6.07) is 7.59. The van der Waals surface area contributed by atoms with Gasteiger partial charge < -0.3 is 9.26 Å². The second-order valence-corrected chi connectivity index (χ2v) is 5.86. The van der Waals surface area contributed by atoms with Crippen molar-refractivity contribution in [3.05, 3.63) is 34.4 Å². The first-order valence-corrected chi connectivity index (χ1v) is 8.04. The number of hydrogen-bond acceptors (Lipinski definition) is 4. The normalized spacial score (nSPS) is 10.8. The fourth-order valence-corrected chi connectivity index (χ4v) is 2.32. The van der Waals surface area contributed by atoms with Crippen molar-refractivity contribution in [3.8, 4) is 11.3 Å². The Balaban J connectivity index is 2.19. The molecule has 0 bridgehead atoms. The molecule has 118 valence electrons. The largest absolute Gasteiger partial charge is 0.446 e. The van der Waals surface area contributed by atoms with Gasteiger partial charge in [-0.15, -0.1) is 0 Å². The summed E-state index contributed by atoms with van der Waals surface area (Å²) in [6.07, 6.45) is 0.993. The number of benzene rings is 1. The second kappa shape index (κ2) is 7.45. The van der Waals surface area contributed by atoms with E-state index in [0.29, 0.717) is 17.1 Å². The quantitative estimate of drug-likeness (QED) is 0.794. The van der Waals surface area contributed by atoms with Crippen LogP contribution < -0.4 is 5.32 Å². The third-order valence-corrected chi connectivity index (χ3v) is 3.91. The molecule has 1 N–H and O–H groups in total. The molecular formula is C16H19BrN2O3. The molecule has 0 saturated carbocycles. The first-order chi connectivity index (χ1) is 10.5. The maximum atomic E-state index is 12.0. The standard InChI is InChI=1S/C16H19BrN2O3/c1-4-13(5-2)21-16(20)18-14-10(3)19-22-15(14)11-6-8-12(17)9-7-11/h6-9,13H,4-5H2,1-3H3,(H,18,20). The lowest BCUT2D eigenvalue weighted by Gasteiger charge is -2.14. The van der Waals surface area contributed by atoms with E-state index < -0.39 is 6.09 Å². The number of carbonyl (C=O) groups is 1.